The smallest absolute Gasteiger partial charge is 0.276 e. The fraction of sp³-hybridized carbons (Fsp3) is 0.238. The van der Waals surface area contributed by atoms with E-state index in [4.69, 9.17) is 17.2 Å². The van der Waals surface area contributed by atoms with E-state index in [1.807, 2.05) is 4.90 Å². The standard InChI is InChI=1S/C21H22F2N8O/c22-13-2-1-3-14(23)18(13)20-28-7-15(26)19(30-20)21(32)29-16-8-27-5-4-17(16)31-9-11(24)6-12(25)10-31/h1-5,7-8,11-12H,6,9-10,24-26H2,(H,29,32). The zero-order valence-electron chi connectivity index (χ0n) is 17.0. The molecule has 1 aliphatic rings. The largest absolute Gasteiger partial charge is 0.396 e. The molecule has 32 heavy (non-hydrogen) atoms. The van der Waals surface area contributed by atoms with E-state index >= 15 is 0 Å². The number of piperidine rings is 1. The lowest BCUT2D eigenvalue weighted by Crippen LogP contribution is -2.52. The van der Waals surface area contributed by atoms with Gasteiger partial charge in [-0.1, -0.05) is 6.07 Å². The van der Waals surface area contributed by atoms with Gasteiger partial charge in [0.2, 0.25) is 0 Å². The number of nitrogens with one attached hydrogen (secondary N) is 1. The van der Waals surface area contributed by atoms with Crippen molar-refractivity contribution in [2.24, 2.45) is 11.5 Å². The average molecular weight is 440 g/mol. The maximum atomic E-state index is 14.2. The minimum absolute atomic E-state index is 0.0459. The predicted molar refractivity (Wildman–Crippen MR) is 117 cm³/mol. The van der Waals surface area contributed by atoms with Crippen LogP contribution in [0.5, 0.6) is 0 Å². The summed E-state index contributed by atoms with van der Waals surface area (Å²) in [5, 5.41) is 2.72. The van der Waals surface area contributed by atoms with Gasteiger partial charge >= 0.3 is 0 Å². The number of benzene rings is 1. The summed E-state index contributed by atoms with van der Waals surface area (Å²) in [7, 11) is 0. The third kappa shape index (κ3) is 4.34. The first-order valence-electron chi connectivity index (χ1n) is 9.92. The highest BCUT2D eigenvalue weighted by Gasteiger charge is 2.25. The van der Waals surface area contributed by atoms with Gasteiger partial charge in [0.1, 0.15) is 11.6 Å². The van der Waals surface area contributed by atoms with Crippen LogP contribution in [0, 0.1) is 11.6 Å². The van der Waals surface area contributed by atoms with Gasteiger partial charge in [-0.2, -0.15) is 0 Å². The molecule has 7 N–H and O–H groups in total. The summed E-state index contributed by atoms with van der Waals surface area (Å²) in [4.78, 5) is 26.9. The van der Waals surface area contributed by atoms with E-state index in [0.29, 0.717) is 30.9 Å². The second kappa shape index (κ2) is 8.81. The number of nitrogen functional groups attached to an aromatic ring is 1. The van der Waals surface area contributed by atoms with E-state index < -0.39 is 23.1 Å². The second-order valence-electron chi connectivity index (χ2n) is 7.60. The van der Waals surface area contributed by atoms with Crippen LogP contribution in [0.2, 0.25) is 0 Å². The molecule has 1 aromatic carbocycles. The molecule has 0 spiro atoms. The number of aromatic nitrogens is 3. The van der Waals surface area contributed by atoms with Gasteiger partial charge in [-0.25, -0.2) is 18.7 Å². The van der Waals surface area contributed by atoms with Crippen LogP contribution in [0.15, 0.2) is 42.9 Å². The first-order valence-corrected chi connectivity index (χ1v) is 9.92. The predicted octanol–water partition coefficient (Wildman–Crippen LogP) is 1.52. The second-order valence-corrected chi connectivity index (χ2v) is 7.60. The van der Waals surface area contributed by atoms with Crippen LogP contribution >= 0.6 is 0 Å². The van der Waals surface area contributed by atoms with Crippen molar-refractivity contribution < 1.29 is 13.6 Å². The quantitative estimate of drug-likeness (QED) is 0.477. The van der Waals surface area contributed by atoms with E-state index in [-0.39, 0.29) is 29.3 Å². The molecule has 0 aliphatic carbocycles. The van der Waals surface area contributed by atoms with Crippen LogP contribution in [0.1, 0.15) is 16.9 Å². The van der Waals surface area contributed by atoms with Crippen LogP contribution in [0.3, 0.4) is 0 Å². The Morgan fingerprint density at radius 1 is 1.09 bits per heavy atom. The Labute approximate surface area is 182 Å². The maximum absolute atomic E-state index is 14.2. The van der Waals surface area contributed by atoms with E-state index in [0.717, 1.165) is 18.3 Å². The van der Waals surface area contributed by atoms with E-state index in [9.17, 15) is 13.6 Å². The highest BCUT2D eigenvalue weighted by atomic mass is 19.1. The molecular formula is C21H22F2N8O. The summed E-state index contributed by atoms with van der Waals surface area (Å²) in [6, 6.07) is 4.91. The van der Waals surface area contributed by atoms with Crippen molar-refractivity contribution in [3.63, 3.8) is 0 Å². The lowest BCUT2D eigenvalue weighted by Gasteiger charge is -2.37. The highest BCUT2D eigenvalue weighted by Crippen LogP contribution is 2.28. The molecular weight excluding hydrogens is 418 g/mol. The van der Waals surface area contributed by atoms with Crippen LogP contribution < -0.4 is 27.4 Å². The van der Waals surface area contributed by atoms with Gasteiger partial charge in [0.15, 0.2) is 11.5 Å². The van der Waals surface area contributed by atoms with Crippen molar-refractivity contribution >= 4 is 23.0 Å². The fourth-order valence-corrected chi connectivity index (χ4v) is 3.72. The first kappa shape index (κ1) is 21.5. The number of hydrogen-bond donors (Lipinski definition) is 4. The minimum atomic E-state index is -0.853. The summed E-state index contributed by atoms with van der Waals surface area (Å²) in [5.41, 5.74) is 18.4. The number of halogens is 2. The summed E-state index contributed by atoms with van der Waals surface area (Å²) in [5.74, 6) is -2.68. The van der Waals surface area contributed by atoms with Gasteiger partial charge in [0.25, 0.3) is 5.91 Å². The monoisotopic (exact) mass is 440 g/mol. The highest BCUT2D eigenvalue weighted by molar-refractivity contribution is 6.07. The van der Waals surface area contributed by atoms with Gasteiger partial charge in [0.05, 0.1) is 35.0 Å². The van der Waals surface area contributed by atoms with Crippen LogP contribution in [0.25, 0.3) is 11.4 Å². The van der Waals surface area contributed by atoms with Gasteiger partial charge in [-0.3, -0.25) is 9.78 Å². The molecule has 2 aromatic heterocycles. The summed E-state index contributed by atoms with van der Waals surface area (Å²) in [6.07, 6.45) is 4.91. The van der Waals surface area contributed by atoms with E-state index in [1.165, 1.54) is 12.3 Å². The first-order chi connectivity index (χ1) is 15.3. The van der Waals surface area contributed by atoms with Crippen molar-refractivity contribution in [2.75, 3.05) is 29.0 Å². The van der Waals surface area contributed by atoms with Crippen molar-refractivity contribution in [3.8, 4) is 11.4 Å². The number of hydrogen-bond acceptors (Lipinski definition) is 8. The fourth-order valence-electron chi connectivity index (χ4n) is 3.72. The molecule has 3 aromatic rings. The van der Waals surface area contributed by atoms with Crippen molar-refractivity contribution in [3.05, 3.63) is 60.2 Å². The van der Waals surface area contributed by atoms with Gasteiger partial charge < -0.3 is 27.4 Å². The minimum Gasteiger partial charge on any atom is -0.396 e. The molecule has 11 heteroatoms. The lowest BCUT2D eigenvalue weighted by atomic mass is 10.0. The molecule has 0 radical (unpaired) electrons. The summed E-state index contributed by atoms with van der Waals surface area (Å²) in [6.45, 7) is 1.12. The number of nitrogens with two attached hydrogens (primary N) is 3. The third-order valence-electron chi connectivity index (χ3n) is 5.12. The zero-order valence-corrected chi connectivity index (χ0v) is 17.0. The topological polar surface area (TPSA) is 149 Å². The average Bonchev–Trinajstić information content (AvgIpc) is 2.74. The molecule has 3 heterocycles. The summed E-state index contributed by atoms with van der Waals surface area (Å²) < 4.78 is 28.3. The van der Waals surface area contributed by atoms with Gasteiger partial charge in [-0.05, 0) is 24.6 Å². The van der Waals surface area contributed by atoms with Crippen molar-refractivity contribution in [1.29, 1.82) is 0 Å². The Morgan fingerprint density at radius 3 is 2.47 bits per heavy atom. The molecule has 4 rings (SSSR count). The number of pyridine rings is 1. The molecule has 1 saturated heterocycles. The van der Waals surface area contributed by atoms with Crippen LogP contribution in [-0.4, -0.2) is 46.0 Å². The number of carbonyl (C=O) groups is 1. The SMILES string of the molecule is Nc1cnc(-c2c(F)cccc2F)nc1C(=O)Nc1cnccc1N1CC(N)CC(N)C1. The van der Waals surface area contributed by atoms with Crippen LogP contribution in [0.4, 0.5) is 25.8 Å². The number of carbonyl (C=O) groups excluding carboxylic acids is 1. The Bertz CT molecular complexity index is 1130. The molecule has 166 valence electrons. The molecule has 1 amide bonds. The van der Waals surface area contributed by atoms with E-state index in [2.05, 4.69) is 20.3 Å². The Hall–Kier alpha value is -3.70. The number of nitrogens with zero attached hydrogens (tertiary/aromatic N) is 4. The Kier molecular flexibility index (Phi) is 5.93. The molecule has 1 aliphatic heterocycles. The van der Waals surface area contributed by atoms with Gasteiger partial charge in [-0.15, -0.1) is 0 Å². The molecule has 0 saturated carbocycles. The molecule has 1 fully saturated rings. The lowest BCUT2D eigenvalue weighted by molar-refractivity contribution is 0.102. The third-order valence-corrected chi connectivity index (χ3v) is 5.12. The summed E-state index contributed by atoms with van der Waals surface area (Å²) >= 11 is 0. The molecule has 2 atom stereocenters. The molecule has 9 nitrogen and oxygen atoms in total. The Balaban J connectivity index is 1.65. The Morgan fingerprint density at radius 2 is 1.78 bits per heavy atom. The maximum Gasteiger partial charge on any atom is 0.276 e. The van der Waals surface area contributed by atoms with Crippen LogP contribution in [-0.2, 0) is 0 Å². The van der Waals surface area contributed by atoms with E-state index in [1.54, 1.807) is 12.3 Å². The number of anilines is 3. The van der Waals surface area contributed by atoms with Crippen molar-refractivity contribution in [2.45, 2.75) is 18.5 Å². The number of amides is 1. The zero-order chi connectivity index (χ0) is 22.8. The van der Waals surface area contributed by atoms with Gasteiger partial charge in [0, 0.05) is 31.4 Å². The molecule has 0 bridgehead atoms. The normalized spacial score (nSPS) is 18.4. The van der Waals surface area contributed by atoms with Crippen molar-refractivity contribution in [1.82, 2.24) is 15.0 Å². The number of rotatable bonds is 4. The molecule has 2 unspecified atom stereocenters.